The number of carbonyl (C=O) groups excluding carboxylic acids is 1. The van der Waals surface area contributed by atoms with Gasteiger partial charge in [0.2, 0.25) is 0 Å². The highest BCUT2D eigenvalue weighted by atomic mass is 16.5. The van der Waals surface area contributed by atoms with Crippen molar-refractivity contribution in [2.24, 2.45) is 0 Å². The fourth-order valence-electron chi connectivity index (χ4n) is 2.22. The first-order valence-corrected chi connectivity index (χ1v) is 7.13. The Labute approximate surface area is 133 Å². The zero-order valence-electron chi connectivity index (χ0n) is 12.6. The largest absolute Gasteiger partial charge is 0.497 e. The summed E-state index contributed by atoms with van der Waals surface area (Å²) in [5, 5.41) is 9.61. The molecule has 3 rings (SSSR count). The second-order valence-corrected chi connectivity index (χ2v) is 4.93. The number of aromatic amines is 1. The molecule has 6 heteroatoms. The van der Waals surface area contributed by atoms with Crippen LogP contribution in [0.5, 0.6) is 5.75 Å². The summed E-state index contributed by atoms with van der Waals surface area (Å²) in [5.41, 5.74) is 3.07. The van der Waals surface area contributed by atoms with Crippen LogP contribution in [-0.2, 0) is 6.54 Å². The fourth-order valence-corrected chi connectivity index (χ4v) is 2.22. The molecule has 0 radical (unpaired) electrons. The van der Waals surface area contributed by atoms with Crippen molar-refractivity contribution >= 4 is 5.91 Å². The van der Waals surface area contributed by atoms with Crippen LogP contribution in [0.15, 0.2) is 55.0 Å². The Balaban J connectivity index is 1.70. The van der Waals surface area contributed by atoms with E-state index in [1.54, 1.807) is 25.7 Å². The molecule has 0 aliphatic rings. The summed E-state index contributed by atoms with van der Waals surface area (Å²) in [4.78, 5) is 16.4. The van der Waals surface area contributed by atoms with E-state index >= 15 is 0 Å². The molecule has 3 aromatic rings. The molecule has 1 aromatic carbocycles. The minimum Gasteiger partial charge on any atom is -0.497 e. The quantitative estimate of drug-likeness (QED) is 0.758. The van der Waals surface area contributed by atoms with Crippen LogP contribution in [0, 0.1) is 0 Å². The van der Waals surface area contributed by atoms with E-state index in [4.69, 9.17) is 4.74 Å². The molecule has 0 saturated heterocycles. The zero-order valence-corrected chi connectivity index (χ0v) is 12.6. The van der Waals surface area contributed by atoms with E-state index in [-0.39, 0.29) is 5.91 Å². The highest BCUT2D eigenvalue weighted by Gasteiger charge is 2.14. The Hall–Kier alpha value is -3.15. The Kier molecular flexibility index (Phi) is 4.33. The van der Waals surface area contributed by atoms with E-state index in [9.17, 15) is 4.79 Å². The molecule has 23 heavy (non-hydrogen) atoms. The minimum absolute atomic E-state index is 0.204. The second-order valence-electron chi connectivity index (χ2n) is 4.93. The molecule has 0 spiro atoms. The molecule has 0 saturated carbocycles. The average Bonchev–Trinajstić information content (AvgIpc) is 3.11. The smallest absolute Gasteiger partial charge is 0.270 e. The Bertz CT molecular complexity index is 782. The van der Waals surface area contributed by atoms with Crippen molar-refractivity contribution in [1.82, 2.24) is 20.5 Å². The summed E-state index contributed by atoms with van der Waals surface area (Å²) >= 11 is 0. The standard InChI is InChI=1S/C17H16N4O2/c1-23-14-4-2-12(3-5-14)10-19-17(22)16-15(11-20-21-16)13-6-8-18-9-7-13/h2-9,11H,10H2,1H3,(H,19,22)(H,20,21). The fraction of sp³-hybridized carbons (Fsp3) is 0.118. The highest BCUT2D eigenvalue weighted by Crippen LogP contribution is 2.21. The Morgan fingerprint density at radius 3 is 2.61 bits per heavy atom. The first-order valence-electron chi connectivity index (χ1n) is 7.13. The van der Waals surface area contributed by atoms with Gasteiger partial charge in [-0.1, -0.05) is 12.1 Å². The van der Waals surface area contributed by atoms with Crippen LogP contribution in [-0.4, -0.2) is 28.2 Å². The molecular formula is C17H16N4O2. The first kappa shape index (κ1) is 14.8. The van der Waals surface area contributed by atoms with Crippen molar-refractivity contribution in [1.29, 1.82) is 0 Å². The summed E-state index contributed by atoms with van der Waals surface area (Å²) in [5.74, 6) is 0.582. The van der Waals surface area contributed by atoms with Crippen LogP contribution < -0.4 is 10.1 Å². The number of aromatic nitrogens is 3. The Morgan fingerprint density at radius 2 is 1.91 bits per heavy atom. The lowest BCUT2D eigenvalue weighted by molar-refractivity contribution is 0.0946. The van der Waals surface area contributed by atoms with Gasteiger partial charge in [0.25, 0.3) is 5.91 Å². The van der Waals surface area contributed by atoms with Gasteiger partial charge in [-0.25, -0.2) is 0 Å². The lowest BCUT2D eigenvalue weighted by Gasteiger charge is -2.07. The molecule has 116 valence electrons. The Morgan fingerprint density at radius 1 is 1.17 bits per heavy atom. The van der Waals surface area contributed by atoms with Gasteiger partial charge in [-0.15, -0.1) is 0 Å². The highest BCUT2D eigenvalue weighted by molar-refractivity contribution is 5.98. The predicted octanol–water partition coefficient (Wildman–Crippen LogP) is 2.41. The van der Waals surface area contributed by atoms with Crippen LogP contribution in [0.4, 0.5) is 0 Å². The maximum atomic E-state index is 12.4. The van der Waals surface area contributed by atoms with Crippen molar-refractivity contribution < 1.29 is 9.53 Å². The number of nitrogens with zero attached hydrogens (tertiary/aromatic N) is 2. The molecule has 0 unspecified atom stereocenters. The summed E-state index contributed by atoms with van der Waals surface area (Å²) in [6, 6.07) is 11.2. The second kappa shape index (κ2) is 6.74. The van der Waals surface area contributed by atoms with Crippen molar-refractivity contribution in [3.05, 3.63) is 66.2 Å². The van der Waals surface area contributed by atoms with Crippen LogP contribution in [0.25, 0.3) is 11.1 Å². The summed E-state index contributed by atoms with van der Waals surface area (Å²) in [6.07, 6.45) is 5.00. The lowest BCUT2D eigenvalue weighted by atomic mass is 10.1. The van der Waals surface area contributed by atoms with Crippen LogP contribution in [0.3, 0.4) is 0 Å². The van der Waals surface area contributed by atoms with Gasteiger partial charge < -0.3 is 10.1 Å². The number of carbonyl (C=O) groups is 1. The molecule has 0 aliphatic carbocycles. The number of methoxy groups -OCH3 is 1. The number of ether oxygens (including phenoxy) is 1. The van der Waals surface area contributed by atoms with Gasteiger partial charge in [0, 0.05) is 24.5 Å². The lowest BCUT2D eigenvalue weighted by Crippen LogP contribution is -2.23. The topological polar surface area (TPSA) is 79.9 Å². The van der Waals surface area contributed by atoms with E-state index in [2.05, 4.69) is 20.5 Å². The summed E-state index contributed by atoms with van der Waals surface area (Å²) < 4.78 is 5.11. The molecule has 0 fully saturated rings. The van der Waals surface area contributed by atoms with Gasteiger partial charge in [0.15, 0.2) is 0 Å². The molecular weight excluding hydrogens is 292 g/mol. The van der Waals surface area contributed by atoms with Crippen molar-refractivity contribution in [3.8, 4) is 16.9 Å². The van der Waals surface area contributed by atoms with Gasteiger partial charge in [0.05, 0.1) is 13.3 Å². The van der Waals surface area contributed by atoms with Gasteiger partial charge in [-0.2, -0.15) is 5.10 Å². The predicted molar refractivity (Wildman–Crippen MR) is 86.0 cm³/mol. The number of hydrogen-bond donors (Lipinski definition) is 2. The number of amides is 1. The SMILES string of the molecule is COc1ccc(CNC(=O)c2[nH]ncc2-c2ccncc2)cc1. The van der Waals surface area contributed by atoms with Gasteiger partial charge in [-0.05, 0) is 35.4 Å². The maximum absolute atomic E-state index is 12.4. The first-order chi connectivity index (χ1) is 11.3. The van der Waals surface area contributed by atoms with Crippen molar-refractivity contribution in [3.63, 3.8) is 0 Å². The zero-order chi connectivity index (χ0) is 16.1. The van der Waals surface area contributed by atoms with Gasteiger partial charge in [0.1, 0.15) is 11.4 Å². The third-order valence-corrected chi connectivity index (χ3v) is 3.47. The minimum atomic E-state index is -0.204. The molecule has 0 aliphatic heterocycles. The number of hydrogen-bond acceptors (Lipinski definition) is 4. The van der Waals surface area contributed by atoms with E-state index < -0.39 is 0 Å². The van der Waals surface area contributed by atoms with E-state index in [1.165, 1.54) is 0 Å². The normalized spacial score (nSPS) is 10.3. The number of nitrogens with one attached hydrogen (secondary N) is 2. The van der Waals surface area contributed by atoms with Gasteiger partial charge >= 0.3 is 0 Å². The average molecular weight is 308 g/mol. The molecule has 2 heterocycles. The monoisotopic (exact) mass is 308 g/mol. The third kappa shape index (κ3) is 3.37. The van der Waals surface area contributed by atoms with E-state index in [0.717, 1.165) is 22.4 Å². The van der Waals surface area contributed by atoms with Crippen LogP contribution in [0.2, 0.25) is 0 Å². The third-order valence-electron chi connectivity index (χ3n) is 3.47. The number of benzene rings is 1. The summed E-state index contributed by atoms with van der Waals surface area (Å²) in [7, 11) is 1.62. The van der Waals surface area contributed by atoms with Gasteiger partial charge in [-0.3, -0.25) is 14.9 Å². The maximum Gasteiger partial charge on any atom is 0.270 e. The van der Waals surface area contributed by atoms with Crippen molar-refractivity contribution in [2.75, 3.05) is 7.11 Å². The van der Waals surface area contributed by atoms with Crippen LogP contribution >= 0.6 is 0 Å². The molecule has 2 N–H and O–H groups in total. The molecule has 1 amide bonds. The molecule has 2 aromatic heterocycles. The molecule has 0 atom stereocenters. The van der Waals surface area contributed by atoms with Crippen molar-refractivity contribution in [2.45, 2.75) is 6.54 Å². The van der Waals surface area contributed by atoms with E-state index in [0.29, 0.717) is 12.2 Å². The number of rotatable bonds is 5. The summed E-state index contributed by atoms with van der Waals surface area (Å²) in [6.45, 7) is 0.428. The van der Waals surface area contributed by atoms with E-state index in [1.807, 2.05) is 36.4 Å². The van der Waals surface area contributed by atoms with Crippen LogP contribution in [0.1, 0.15) is 16.1 Å². The molecule has 6 nitrogen and oxygen atoms in total. The molecule has 0 bridgehead atoms. The number of pyridine rings is 1. The number of H-pyrrole nitrogens is 1.